The molecule has 2 nitrogen and oxygen atoms in total. The fourth-order valence-electron chi connectivity index (χ4n) is 1.86. The van der Waals surface area contributed by atoms with E-state index in [1.165, 1.54) is 0 Å². The summed E-state index contributed by atoms with van der Waals surface area (Å²) in [6, 6.07) is 9.78. The molecule has 0 radical (unpaired) electrons. The lowest BCUT2D eigenvalue weighted by Gasteiger charge is -2.24. The zero-order chi connectivity index (χ0) is 11.1. The highest BCUT2D eigenvalue weighted by Crippen LogP contribution is 2.47. The summed E-state index contributed by atoms with van der Waals surface area (Å²) < 4.78 is 5.34. The van der Waals surface area contributed by atoms with Crippen LogP contribution in [0.5, 0.6) is 0 Å². The number of carbonyl (C=O) groups is 1. The van der Waals surface area contributed by atoms with Gasteiger partial charge in [0.05, 0.1) is 0 Å². The molecule has 0 aromatic heterocycles. The molecule has 0 aliphatic carbocycles. The van der Waals surface area contributed by atoms with Gasteiger partial charge < -0.3 is 4.74 Å². The molecule has 0 amide bonds. The number of esters is 1. The van der Waals surface area contributed by atoms with Crippen LogP contribution >= 0.6 is 0 Å². The summed E-state index contributed by atoms with van der Waals surface area (Å²) in [7, 11) is 0. The van der Waals surface area contributed by atoms with E-state index in [1.54, 1.807) is 0 Å². The van der Waals surface area contributed by atoms with Gasteiger partial charge in [-0.25, -0.2) is 4.79 Å². The Morgan fingerprint density at radius 3 is 2.33 bits per heavy atom. The predicted octanol–water partition coefficient (Wildman–Crippen LogP) is 2.87. The summed E-state index contributed by atoms with van der Waals surface area (Å²) in [5.74, 6) is -0.283. The highest BCUT2D eigenvalue weighted by atomic mass is 16.6. The van der Waals surface area contributed by atoms with Crippen LogP contribution in [0.2, 0.25) is 0 Å². The molecule has 1 heterocycles. The Bertz CT molecular complexity index is 404. The molecule has 1 saturated heterocycles. The number of ether oxygens (including phenoxy) is 1. The second-order valence-corrected chi connectivity index (χ2v) is 4.40. The Hall–Kier alpha value is -1.57. The third kappa shape index (κ3) is 1.46. The lowest BCUT2D eigenvalue weighted by molar-refractivity contribution is -0.140. The third-order valence-electron chi connectivity index (χ3n) is 3.01. The van der Waals surface area contributed by atoms with Crippen molar-refractivity contribution in [1.29, 1.82) is 0 Å². The van der Waals surface area contributed by atoms with Gasteiger partial charge in [-0.3, -0.25) is 0 Å². The number of cyclic esters (lactones) is 1. The van der Waals surface area contributed by atoms with Crippen LogP contribution in [0.25, 0.3) is 0 Å². The van der Waals surface area contributed by atoms with Crippen LogP contribution < -0.4 is 0 Å². The van der Waals surface area contributed by atoms with Gasteiger partial charge in [0, 0.05) is 11.0 Å². The highest BCUT2D eigenvalue weighted by Gasteiger charge is 2.46. The van der Waals surface area contributed by atoms with Crippen molar-refractivity contribution in [2.45, 2.75) is 20.0 Å². The lowest BCUT2D eigenvalue weighted by Crippen LogP contribution is -2.17. The van der Waals surface area contributed by atoms with Gasteiger partial charge in [-0.1, -0.05) is 50.8 Å². The zero-order valence-corrected chi connectivity index (χ0v) is 8.99. The van der Waals surface area contributed by atoms with Crippen molar-refractivity contribution < 1.29 is 9.53 Å². The average Bonchev–Trinajstić information content (AvgIpc) is 2.43. The maximum Gasteiger partial charge on any atom is 0.334 e. The standard InChI is InChI=1S/C13H14O2/c1-9-12(14)15-11(13(9,2)3)10-7-5-4-6-8-10/h4-8,11H,1H2,2-3H3. The van der Waals surface area contributed by atoms with Crippen LogP contribution in [-0.4, -0.2) is 5.97 Å². The van der Waals surface area contributed by atoms with Crippen LogP contribution in [-0.2, 0) is 9.53 Å². The first-order valence-electron chi connectivity index (χ1n) is 4.99. The van der Waals surface area contributed by atoms with E-state index >= 15 is 0 Å². The topological polar surface area (TPSA) is 26.3 Å². The first kappa shape index (κ1) is 9.97. The lowest BCUT2D eigenvalue weighted by atomic mass is 9.79. The molecule has 1 aromatic rings. The van der Waals surface area contributed by atoms with E-state index in [0.717, 1.165) is 5.56 Å². The number of benzene rings is 1. The molecule has 0 saturated carbocycles. The van der Waals surface area contributed by atoms with Crippen molar-refractivity contribution in [2.24, 2.45) is 5.41 Å². The van der Waals surface area contributed by atoms with Crippen LogP contribution in [0, 0.1) is 5.41 Å². The molecule has 1 fully saturated rings. The highest BCUT2D eigenvalue weighted by molar-refractivity contribution is 5.92. The van der Waals surface area contributed by atoms with Gasteiger partial charge in [0.15, 0.2) is 0 Å². The van der Waals surface area contributed by atoms with Gasteiger partial charge in [-0.15, -0.1) is 0 Å². The summed E-state index contributed by atoms with van der Waals surface area (Å²) in [6.07, 6.45) is -0.210. The maximum absolute atomic E-state index is 11.5. The van der Waals surface area contributed by atoms with Crippen molar-refractivity contribution in [3.8, 4) is 0 Å². The predicted molar refractivity (Wildman–Crippen MR) is 58.2 cm³/mol. The minimum absolute atomic E-state index is 0.210. The summed E-state index contributed by atoms with van der Waals surface area (Å²) in [6.45, 7) is 7.76. The van der Waals surface area contributed by atoms with E-state index in [0.29, 0.717) is 5.57 Å². The van der Waals surface area contributed by atoms with Gasteiger partial charge in [0.2, 0.25) is 0 Å². The van der Waals surface area contributed by atoms with Gasteiger partial charge in [0.25, 0.3) is 0 Å². The van der Waals surface area contributed by atoms with E-state index in [1.807, 2.05) is 44.2 Å². The van der Waals surface area contributed by atoms with Crippen LogP contribution in [0.15, 0.2) is 42.5 Å². The Morgan fingerprint density at radius 1 is 1.27 bits per heavy atom. The normalized spacial score (nSPS) is 24.0. The smallest absolute Gasteiger partial charge is 0.334 e. The number of carbonyl (C=O) groups excluding carboxylic acids is 1. The molecule has 0 N–H and O–H groups in total. The largest absolute Gasteiger partial charge is 0.453 e. The minimum Gasteiger partial charge on any atom is -0.453 e. The molecular formula is C13H14O2. The van der Waals surface area contributed by atoms with E-state index < -0.39 is 0 Å². The molecule has 1 atom stereocenters. The van der Waals surface area contributed by atoms with E-state index in [4.69, 9.17) is 4.74 Å². The van der Waals surface area contributed by atoms with Crippen LogP contribution in [0.4, 0.5) is 0 Å². The van der Waals surface area contributed by atoms with Gasteiger partial charge in [-0.05, 0) is 5.56 Å². The Morgan fingerprint density at radius 2 is 1.87 bits per heavy atom. The summed E-state index contributed by atoms with van der Waals surface area (Å²) in [5, 5.41) is 0. The quantitative estimate of drug-likeness (QED) is 0.517. The van der Waals surface area contributed by atoms with Crippen molar-refractivity contribution >= 4 is 5.97 Å². The average molecular weight is 202 g/mol. The van der Waals surface area contributed by atoms with E-state index in [2.05, 4.69) is 6.58 Å². The van der Waals surface area contributed by atoms with Crippen molar-refractivity contribution in [3.63, 3.8) is 0 Å². The van der Waals surface area contributed by atoms with Gasteiger partial charge in [0.1, 0.15) is 6.10 Å². The summed E-state index contributed by atoms with van der Waals surface area (Å²) in [4.78, 5) is 11.5. The molecule has 1 aliphatic rings. The van der Waals surface area contributed by atoms with Crippen LogP contribution in [0.3, 0.4) is 0 Å². The Labute approximate surface area is 89.6 Å². The molecular weight excluding hydrogens is 188 g/mol. The molecule has 78 valence electrons. The number of hydrogen-bond donors (Lipinski definition) is 0. The molecule has 1 aromatic carbocycles. The fraction of sp³-hybridized carbons (Fsp3) is 0.308. The van der Waals surface area contributed by atoms with Crippen molar-refractivity contribution in [2.75, 3.05) is 0 Å². The van der Waals surface area contributed by atoms with E-state index in [-0.39, 0.29) is 17.5 Å². The molecule has 1 unspecified atom stereocenters. The first-order chi connectivity index (χ1) is 7.03. The second kappa shape index (κ2) is 3.23. The SMILES string of the molecule is C=C1C(=O)OC(c2ccccc2)C1(C)C. The molecule has 2 rings (SSSR count). The summed E-state index contributed by atoms with van der Waals surface area (Å²) >= 11 is 0. The summed E-state index contributed by atoms with van der Waals surface area (Å²) in [5.41, 5.74) is 1.25. The number of hydrogen-bond acceptors (Lipinski definition) is 2. The molecule has 1 aliphatic heterocycles. The third-order valence-corrected chi connectivity index (χ3v) is 3.01. The van der Waals surface area contributed by atoms with Crippen molar-refractivity contribution in [3.05, 3.63) is 48.0 Å². The Balaban J connectivity index is 2.41. The maximum atomic E-state index is 11.5. The minimum atomic E-state index is -0.321. The first-order valence-corrected chi connectivity index (χ1v) is 4.99. The Kier molecular flexibility index (Phi) is 2.14. The zero-order valence-electron chi connectivity index (χ0n) is 8.99. The molecule has 0 bridgehead atoms. The molecule has 2 heteroatoms. The number of rotatable bonds is 1. The fourth-order valence-corrected chi connectivity index (χ4v) is 1.86. The molecule has 0 spiro atoms. The van der Waals surface area contributed by atoms with Gasteiger partial charge >= 0.3 is 5.97 Å². The second-order valence-electron chi connectivity index (χ2n) is 4.40. The van der Waals surface area contributed by atoms with Crippen LogP contribution in [0.1, 0.15) is 25.5 Å². The van der Waals surface area contributed by atoms with Gasteiger partial charge in [-0.2, -0.15) is 0 Å². The van der Waals surface area contributed by atoms with E-state index in [9.17, 15) is 4.79 Å². The molecule has 15 heavy (non-hydrogen) atoms. The van der Waals surface area contributed by atoms with Crippen molar-refractivity contribution in [1.82, 2.24) is 0 Å². The monoisotopic (exact) mass is 202 g/mol.